The maximum Gasteiger partial charge on any atom is 0.310 e. The van der Waals surface area contributed by atoms with Crippen LogP contribution in [0.1, 0.15) is 25.3 Å². The van der Waals surface area contributed by atoms with E-state index in [2.05, 4.69) is 0 Å². The zero-order valence-corrected chi connectivity index (χ0v) is 8.56. The quantitative estimate of drug-likeness (QED) is 0.607. The van der Waals surface area contributed by atoms with E-state index >= 15 is 0 Å². The molecule has 4 nitrogen and oxygen atoms in total. The Labute approximate surface area is 87.5 Å². The third-order valence-electron chi connectivity index (χ3n) is 2.01. The Morgan fingerprint density at radius 1 is 1.33 bits per heavy atom. The van der Waals surface area contributed by atoms with Gasteiger partial charge in [-0.15, -0.1) is 0 Å². The second-order valence-corrected chi connectivity index (χ2v) is 3.19. The first kappa shape index (κ1) is 11.2. The fourth-order valence-electron chi connectivity index (χ4n) is 1.22. The number of ether oxygens (including phenoxy) is 1. The van der Waals surface area contributed by atoms with Crippen molar-refractivity contribution in [3.8, 4) is 5.75 Å². The molecule has 0 aromatic heterocycles. The summed E-state index contributed by atoms with van der Waals surface area (Å²) in [4.78, 5) is 21.6. The van der Waals surface area contributed by atoms with Crippen molar-refractivity contribution in [2.75, 3.05) is 0 Å². The van der Waals surface area contributed by atoms with Crippen LogP contribution < -0.4 is 4.74 Å². The molecule has 15 heavy (non-hydrogen) atoms. The molecule has 0 saturated carbocycles. The zero-order valence-electron chi connectivity index (χ0n) is 8.56. The Morgan fingerprint density at radius 2 is 1.93 bits per heavy atom. The number of carboxylic acid groups (broad SMARTS) is 1. The molecule has 0 fully saturated rings. The number of carbonyl (C=O) groups is 2. The number of rotatable bonds is 3. The van der Waals surface area contributed by atoms with Gasteiger partial charge in [0.1, 0.15) is 5.75 Å². The molecule has 0 spiro atoms. The first-order valence-corrected chi connectivity index (χ1v) is 4.52. The Hall–Kier alpha value is -1.84. The SMILES string of the molecule is CC(=O)Oc1ccccc1C(C)C(=O)O. The summed E-state index contributed by atoms with van der Waals surface area (Å²) >= 11 is 0. The molecule has 0 heterocycles. The second kappa shape index (κ2) is 4.59. The predicted molar refractivity (Wildman–Crippen MR) is 53.8 cm³/mol. The molecule has 0 aliphatic rings. The lowest BCUT2D eigenvalue weighted by Crippen LogP contribution is -2.11. The maximum absolute atomic E-state index is 10.8. The molecule has 80 valence electrons. The molecule has 1 N–H and O–H groups in total. The average molecular weight is 208 g/mol. The van der Waals surface area contributed by atoms with E-state index in [0.717, 1.165) is 0 Å². The van der Waals surface area contributed by atoms with Gasteiger partial charge in [-0.2, -0.15) is 0 Å². The van der Waals surface area contributed by atoms with Crippen LogP contribution in [0, 0.1) is 0 Å². The van der Waals surface area contributed by atoms with Gasteiger partial charge in [0, 0.05) is 12.5 Å². The lowest BCUT2D eigenvalue weighted by molar-refractivity contribution is -0.138. The molecule has 1 unspecified atom stereocenters. The highest BCUT2D eigenvalue weighted by Gasteiger charge is 2.18. The Bertz CT molecular complexity index is 384. The lowest BCUT2D eigenvalue weighted by atomic mass is 10.0. The van der Waals surface area contributed by atoms with E-state index in [9.17, 15) is 9.59 Å². The lowest BCUT2D eigenvalue weighted by Gasteiger charge is -2.11. The highest BCUT2D eigenvalue weighted by molar-refractivity contribution is 5.78. The Morgan fingerprint density at radius 3 is 2.47 bits per heavy atom. The van der Waals surface area contributed by atoms with E-state index in [4.69, 9.17) is 9.84 Å². The summed E-state index contributed by atoms with van der Waals surface area (Å²) in [6, 6.07) is 6.62. The summed E-state index contributed by atoms with van der Waals surface area (Å²) in [5, 5.41) is 8.85. The summed E-state index contributed by atoms with van der Waals surface area (Å²) in [6.45, 7) is 2.83. The number of benzene rings is 1. The van der Waals surface area contributed by atoms with Crippen LogP contribution in [0.4, 0.5) is 0 Å². The van der Waals surface area contributed by atoms with Crippen molar-refractivity contribution in [2.45, 2.75) is 19.8 Å². The van der Waals surface area contributed by atoms with Gasteiger partial charge in [0.2, 0.25) is 0 Å². The number of hydrogen-bond donors (Lipinski definition) is 1. The molecule has 1 atom stereocenters. The van der Waals surface area contributed by atoms with Crippen LogP contribution >= 0.6 is 0 Å². The average Bonchev–Trinajstić information content (AvgIpc) is 2.16. The van der Waals surface area contributed by atoms with Crippen LogP contribution in [0.2, 0.25) is 0 Å². The van der Waals surface area contributed by atoms with Gasteiger partial charge in [0.05, 0.1) is 5.92 Å². The summed E-state index contributed by atoms with van der Waals surface area (Å²) in [5.41, 5.74) is 0.500. The minimum atomic E-state index is -0.949. The topological polar surface area (TPSA) is 63.6 Å². The van der Waals surface area contributed by atoms with Crippen molar-refractivity contribution in [2.24, 2.45) is 0 Å². The summed E-state index contributed by atoms with van der Waals surface area (Å²) in [7, 11) is 0. The minimum absolute atomic E-state index is 0.305. The largest absolute Gasteiger partial charge is 0.481 e. The number of carboxylic acids is 1. The molecule has 4 heteroatoms. The van der Waals surface area contributed by atoms with E-state index in [-0.39, 0.29) is 0 Å². The normalized spacial score (nSPS) is 11.9. The second-order valence-electron chi connectivity index (χ2n) is 3.19. The number of carbonyl (C=O) groups excluding carboxylic acids is 1. The fraction of sp³-hybridized carbons (Fsp3) is 0.273. The number of hydrogen-bond acceptors (Lipinski definition) is 3. The third kappa shape index (κ3) is 2.80. The summed E-state index contributed by atoms with van der Waals surface area (Å²) in [6.07, 6.45) is 0. The summed E-state index contributed by atoms with van der Waals surface area (Å²) < 4.78 is 4.91. The molecule has 1 rings (SSSR count). The van der Waals surface area contributed by atoms with Crippen LogP contribution in [-0.2, 0) is 9.59 Å². The van der Waals surface area contributed by atoms with Crippen molar-refractivity contribution in [1.82, 2.24) is 0 Å². The first-order chi connectivity index (χ1) is 7.02. The van der Waals surface area contributed by atoms with Gasteiger partial charge < -0.3 is 9.84 Å². The van der Waals surface area contributed by atoms with Gasteiger partial charge in [-0.05, 0) is 13.0 Å². The van der Waals surface area contributed by atoms with Crippen LogP contribution in [0.5, 0.6) is 5.75 Å². The van der Waals surface area contributed by atoms with Gasteiger partial charge in [-0.1, -0.05) is 18.2 Å². The van der Waals surface area contributed by atoms with E-state index in [0.29, 0.717) is 11.3 Å². The van der Waals surface area contributed by atoms with Crippen molar-refractivity contribution in [3.05, 3.63) is 29.8 Å². The van der Waals surface area contributed by atoms with Crippen LogP contribution in [0.15, 0.2) is 24.3 Å². The monoisotopic (exact) mass is 208 g/mol. The van der Waals surface area contributed by atoms with Crippen LogP contribution in [0.25, 0.3) is 0 Å². The van der Waals surface area contributed by atoms with Gasteiger partial charge in [-0.25, -0.2) is 0 Å². The van der Waals surface area contributed by atoms with Gasteiger partial charge >= 0.3 is 11.9 Å². The van der Waals surface area contributed by atoms with Gasteiger partial charge in [0.25, 0.3) is 0 Å². The molecule has 0 amide bonds. The van der Waals surface area contributed by atoms with Gasteiger partial charge in [0.15, 0.2) is 0 Å². The smallest absolute Gasteiger partial charge is 0.310 e. The van der Waals surface area contributed by atoms with Crippen LogP contribution in [-0.4, -0.2) is 17.0 Å². The highest BCUT2D eigenvalue weighted by atomic mass is 16.5. The highest BCUT2D eigenvalue weighted by Crippen LogP contribution is 2.26. The van der Waals surface area contributed by atoms with Crippen molar-refractivity contribution >= 4 is 11.9 Å². The zero-order chi connectivity index (χ0) is 11.4. The molecule has 0 radical (unpaired) electrons. The Balaban J connectivity index is 3.05. The standard InChI is InChI=1S/C11H12O4/c1-7(11(13)14)9-5-3-4-6-10(9)15-8(2)12/h3-7H,1-2H3,(H,13,14). The molecular weight excluding hydrogens is 196 g/mol. The van der Waals surface area contributed by atoms with E-state index in [1.165, 1.54) is 6.92 Å². The Kier molecular flexibility index (Phi) is 3.44. The molecule has 0 bridgehead atoms. The molecule has 1 aromatic rings. The molecule has 0 aliphatic carbocycles. The third-order valence-corrected chi connectivity index (χ3v) is 2.01. The number of esters is 1. The molecule has 1 aromatic carbocycles. The molecule has 0 saturated heterocycles. The van der Waals surface area contributed by atoms with Crippen molar-refractivity contribution in [3.63, 3.8) is 0 Å². The van der Waals surface area contributed by atoms with Crippen LogP contribution in [0.3, 0.4) is 0 Å². The first-order valence-electron chi connectivity index (χ1n) is 4.52. The van der Waals surface area contributed by atoms with Crippen molar-refractivity contribution in [1.29, 1.82) is 0 Å². The fourth-order valence-corrected chi connectivity index (χ4v) is 1.22. The number of para-hydroxylation sites is 1. The van der Waals surface area contributed by atoms with Gasteiger partial charge in [-0.3, -0.25) is 9.59 Å². The van der Waals surface area contributed by atoms with E-state index in [1.807, 2.05) is 0 Å². The number of aliphatic carboxylic acids is 1. The molecular formula is C11H12O4. The molecule has 0 aliphatic heterocycles. The predicted octanol–water partition coefficient (Wildman–Crippen LogP) is 1.80. The maximum atomic E-state index is 10.8. The summed E-state index contributed by atoms with van der Waals surface area (Å²) in [5.74, 6) is -1.80. The van der Waals surface area contributed by atoms with E-state index in [1.54, 1.807) is 31.2 Å². The van der Waals surface area contributed by atoms with E-state index < -0.39 is 17.9 Å². The van der Waals surface area contributed by atoms with Crippen molar-refractivity contribution < 1.29 is 19.4 Å². The minimum Gasteiger partial charge on any atom is -0.481 e.